The van der Waals surface area contributed by atoms with Crippen LogP contribution in [0.15, 0.2) is 17.2 Å². The van der Waals surface area contributed by atoms with E-state index < -0.39 is 16.1 Å². The molecule has 9 nitrogen and oxygen atoms in total. The average molecular weight is 432 g/mol. The Hall–Kier alpha value is -2.59. The van der Waals surface area contributed by atoms with Gasteiger partial charge in [0, 0.05) is 5.69 Å². The van der Waals surface area contributed by atoms with Crippen molar-refractivity contribution in [2.75, 3.05) is 19.0 Å². The Balaban J connectivity index is 1.36. The van der Waals surface area contributed by atoms with Gasteiger partial charge < -0.3 is 15.4 Å². The number of fused-ring (bicyclic) bond motifs is 4. The number of benzene rings is 1. The number of urea groups is 1. The molecule has 0 radical (unpaired) electrons. The van der Waals surface area contributed by atoms with Crippen molar-refractivity contribution < 1.29 is 17.9 Å². The Morgan fingerprint density at radius 3 is 2.77 bits per heavy atom. The van der Waals surface area contributed by atoms with Gasteiger partial charge >= 0.3 is 6.03 Å². The van der Waals surface area contributed by atoms with E-state index in [4.69, 9.17) is 4.74 Å². The number of carbonyl (C=O) groups excluding carboxylic acids is 1. The summed E-state index contributed by atoms with van der Waals surface area (Å²) in [6.07, 6.45) is 7.45. The second kappa shape index (κ2) is 7.28. The number of likely N-dealkylation sites (N-methyl/N-ethyl adjacent to an activating group) is 1. The van der Waals surface area contributed by atoms with Gasteiger partial charge in [-0.15, -0.1) is 0 Å². The van der Waals surface area contributed by atoms with Gasteiger partial charge in [0.05, 0.1) is 18.8 Å². The van der Waals surface area contributed by atoms with E-state index >= 15 is 0 Å². The summed E-state index contributed by atoms with van der Waals surface area (Å²) in [7, 11) is -2.31. The Kier molecular flexibility index (Phi) is 4.70. The summed E-state index contributed by atoms with van der Waals surface area (Å²) >= 11 is 0. The minimum Gasteiger partial charge on any atom is -0.475 e. The molecule has 0 bridgehead atoms. The van der Waals surface area contributed by atoms with E-state index in [2.05, 4.69) is 20.5 Å². The fourth-order valence-electron chi connectivity index (χ4n) is 4.78. The zero-order valence-corrected chi connectivity index (χ0v) is 17.6. The molecule has 1 aliphatic heterocycles. The zero-order chi connectivity index (χ0) is 20.9. The van der Waals surface area contributed by atoms with Crippen LogP contribution in [0.3, 0.4) is 0 Å². The predicted molar refractivity (Wildman–Crippen MR) is 110 cm³/mol. The van der Waals surface area contributed by atoms with E-state index in [9.17, 15) is 13.2 Å². The Labute approximate surface area is 175 Å². The summed E-state index contributed by atoms with van der Waals surface area (Å²) in [5, 5.41) is 9.95. The molecule has 3 N–H and O–H groups in total. The van der Waals surface area contributed by atoms with E-state index in [1.54, 1.807) is 0 Å². The summed E-state index contributed by atoms with van der Waals surface area (Å²) < 4.78 is 34.8. The van der Waals surface area contributed by atoms with E-state index in [0.29, 0.717) is 13.2 Å². The number of anilines is 1. The Morgan fingerprint density at radius 2 is 1.93 bits per heavy atom. The molecule has 2 aromatic rings. The van der Waals surface area contributed by atoms with Crippen LogP contribution < -0.4 is 20.1 Å². The van der Waals surface area contributed by atoms with Gasteiger partial charge in [-0.25, -0.2) is 22.6 Å². The number of sulfonamides is 1. The molecule has 0 saturated carbocycles. The first-order valence-electron chi connectivity index (χ1n) is 10.3. The van der Waals surface area contributed by atoms with Crippen LogP contribution >= 0.6 is 0 Å². The van der Waals surface area contributed by atoms with Gasteiger partial charge in [-0.05, 0) is 73.9 Å². The van der Waals surface area contributed by atoms with E-state index in [1.165, 1.54) is 27.6 Å². The predicted octanol–water partition coefficient (Wildman–Crippen LogP) is 1.35. The summed E-state index contributed by atoms with van der Waals surface area (Å²) in [5.41, 5.74) is 5.92. The fraction of sp³-hybridized carbons (Fsp3) is 0.500. The molecular weight excluding hydrogens is 406 g/mol. The number of ether oxygens (including phenoxy) is 1. The minimum atomic E-state index is -4.12. The first-order chi connectivity index (χ1) is 14.5. The van der Waals surface area contributed by atoms with Gasteiger partial charge in [-0.3, -0.25) is 0 Å². The third-order valence-electron chi connectivity index (χ3n) is 6.23. The number of hydrogen-bond acceptors (Lipinski definition) is 6. The molecule has 0 fully saturated rings. The maximum atomic E-state index is 12.8. The Morgan fingerprint density at radius 1 is 1.17 bits per heavy atom. The fourth-order valence-corrected chi connectivity index (χ4v) is 5.76. The van der Waals surface area contributed by atoms with Crippen molar-refractivity contribution in [1.29, 1.82) is 0 Å². The molecule has 2 amide bonds. The lowest BCUT2D eigenvalue weighted by Gasteiger charge is -2.24. The van der Waals surface area contributed by atoms with Crippen LogP contribution in [0.2, 0.25) is 0 Å². The van der Waals surface area contributed by atoms with Crippen LogP contribution in [0.4, 0.5) is 10.5 Å². The smallest absolute Gasteiger partial charge is 0.333 e. The molecule has 1 aromatic carbocycles. The number of nitrogens with zero attached hydrogens (tertiary/aromatic N) is 2. The van der Waals surface area contributed by atoms with Gasteiger partial charge in [-0.1, -0.05) is 0 Å². The Bertz CT molecular complexity index is 1120. The van der Waals surface area contributed by atoms with Gasteiger partial charge in [0.2, 0.25) is 5.88 Å². The third kappa shape index (κ3) is 3.24. The second-order valence-electron chi connectivity index (χ2n) is 8.08. The van der Waals surface area contributed by atoms with Crippen molar-refractivity contribution in [1.82, 2.24) is 19.8 Å². The van der Waals surface area contributed by atoms with Crippen LogP contribution in [0.25, 0.3) is 0 Å². The number of rotatable bonds is 4. The van der Waals surface area contributed by atoms with Gasteiger partial charge in [-0.2, -0.15) is 5.10 Å². The van der Waals surface area contributed by atoms with Crippen molar-refractivity contribution in [3.05, 3.63) is 34.5 Å². The van der Waals surface area contributed by atoms with Crippen molar-refractivity contribution in [2.45, 2.75) is 56.0 Å². The first-order valence-corrected chi connectivity index (χ1v) is 11.8. The highest BCUT2D eigenvalue weighted by Gasteiger charge is 2.31. The van der Waals surface area contributed by atoms with Crippen molar-refractivity contribution in [3.63, 3.8) is 0 Å². The molecule has 5 rings (SSSR count). The van der Waals surface area contributed by atoms with Crippen LogP contribution in [-0.4, -0.2) is 43.9 Å². The van der Waals surface area contributed by atoms with Crippen LogP contribution in [-0.2, 0) is 42.3 Å². The molecule has 3 aliphatic rings. The SMILES string of the molecule is CNC1COc2c(S(=O)(=O)NC(=O)Nc3cc4c(c5c3CCC5)CCC4)cnn2C1. The van der Waals surface area contributed by atoms with Crippen molar-refractivity contribution >= 4 is 21.7 Å². The van der Waals surface area contributed by atoms with Gasteiger partial charge in [0.15, 0.2) is 4.90 Å². The van der Waals surface area contributed by atoms with Crippen LogP contribution in [0, 0.1) is 0 Å². The summed E-state index contributed by atoms with van der Waals surface area (Å²) in [5.74, 6) is 0.153. The summed E-state index contributed by atoms with van der Waals surface area (Å²) in [4.78, 5) is 12.5. The normalized spacial score (nSPS) is 19.6. The minimum absolute atomic E-state index is 0.0473. The number of carbonyl (C=O) groups is 1. The van der Waals surface area contributed by atoms with Crippen LogP contribution in [0.5, 0.6) is 5.88 Å². The molecule has 1 atom stereocenters. The summed E-state index contributed by atoms with van der Waals surface area (Å²) in [6.45, 7) is 0.826. The van der Waals surface area contributed by atoms with Crippen LogP contribution in [0.1, 0.15) is 35.1 Å². The number of amides is 2. The second-order valence-corrected chi connectivity index (χ2v) is 9.73. The highest BCUT2D eigenvalue weighted by molar-refractivity contribution is 7.90. The lowest BCUT2D eigenvalue weighted by atomic mass is 9.98. The maximum absolute atomic E-state index is 12.8. The molecule has 10 heteroatoms. The molecule has 1 unspecified atom stereocenters. The lowest BCUT2D eigenvalue weighted by Crippen LogP contribution is -2.40. The highest BCUT2D eigenvalue weighted by Crippen LogP contribution is 2.38. The monoisotopic (exact) mass is 431 g/mol. The topological polar surface area (TPSA) is 114 Å². The van der Waals surface area contributed by atoms with Gasteiger partial charge in [0.1, 0.15) is 6.61 Å². The summed E-state index contributed by atoms with van der Waals surface area (Å²) in [6, 6.07) is 1.29. The highest BCUT2D eigenvalue weighted by atomic mass is 32.2. The van der Waals surface area contributed by atoms with Crippen molar-refractivity contribution in [3.8, 4) is 5.88 Å². The van der Waals surface area contributed by atoms with Crippen molar-refractivity contribution in [2.24, 2.45) is 0 Å². The van der Waals surface area contributed by atoms with E-state index in [-0.39, 0.29) is 16.8 Å². The molecule has 2 aliphatic carbocycles. The quantitative estimate of drug-likeness (QED) is 0.673. The molecular formula is C20H25N5O4S. The van der Waals surface area contributed by atoms with E-state index in [0.717, 1.165) is 49.8 Å². The molecule has 0 spiro atoms. The molecule has 1 aromatic heterocycles. The zero-order valence-electron chi connectivity index (χ0n) is 16.8. The molecule has 2 heterocycles. The number of aryl methyl sites for hydroxylation is 1. The van der Waals surface area contributed by atoms with Gasteiger partial charge in [0.25, 0.3) is 10.0 Å². The number of nitrogens with one attached hydrogen (secondary N) is 3. The standard InChI is InChI=1S/C20H25N5O4S/c1-21-13-10-25-19(29-11-13)18(9-22-25)30(27,28)24-20(26)23-17-8-12-4-2-5-14(12)15-6-3-7-16(15)17/h8-9,13,21H,2-7,10-11H2,1H3,(H2,23,24,26). The molecule has 30 heavy (non-hydrogen) atoms. The number of hydrogen-bond donors (Lipinski definition) is 3. The average Bonchev–Trinajstić information content (AvgIpc) is 3.44. The molecule has 160 valence electrons. The molecule has 0 saturated heterocycles. The van der Waals surface area contributed by atoms with E-state index in [1.807, 2.05) is 13.1 Å². The third-order valence-corrected chi connectivity index (χ3v) is 7.55. The maximum Gasteiger partial charge on any atom is 0.333 e. The first kappa shape index (κ1) is 19.4. The largest absolute Gasteiger partial charge is 0.475 e. The number of aromatic nitrogens is 2. The lowest BCUT2D eigenvalue weighted by molar-refractivity contribution is 0.184.